The zero-order valence-corrected chi connectivity index (χ0v) is 12.7. The molecule has 0 N–H and O–H groups in total. The van der Waals surface area contributed by atoms with Gasteiger partial charge in [0.15, 0.2) is 6.29 Å². The quantitative estimate of drug-likeness (QED) is 0.494. The largest absolute Gasteiger partial charge is 0.354 e. The number of nitrogens with zero attached hydrogens (tertiary/aromatic N) is 5. The van der Waals surface area contributed by atoms with Crippen LogP contribution in [0.4, 0.5) is 0 Å². The number of carbonyl (C=O) groups excluding carboxylic acids is 1. The maximum Gasteiger partial charge on any atom is 0.233 e. The fourth-order valence-corrected chi connectivity index (χ4v) is 2.51. The first kappa shape index (κ1) is 15.2. The summed E-state index contributed by atoms with van der Waals surface area (Å²) in [5, 5.41) is 12.0. The van der Waals surface area contributed by atoms with Crippen molar-refractivity contribution in [3.63, 3.8) is 0 Å². The molecule has 1 aliphatic rings. The monoisotopic (exact) mass is 301 g/mol. The Morgan fingerprint density at radius 2 is 2.20 bits per heavy atom. The van der Waals surface area contributed by atoms with Crippen LogP contribution in [0.15, 0.2) is 5.16 Å². The molecular formula is C11H19N5O3S. The van der Waals surface area contributed by atoms with Gasteiger partial charge in [-0.05, 0) is 23.3 Å². The molecule has 1 aromatic rings. The lowest BCUT2D eigenvalue weighted by molar-refractivity contribution is -0.127. The van der Waals surface area contributed by atoms with Crippen LogP contribution in [0.1, 0.15) is 12.8 Å². The van der Waals surface area contributed by atoms with Crippen molar-refractivity contribution >= 4 is 17.7 Å². The Morgan fingerprint density at radius 1 is 1.50 bits per heavy atom. The van der Waals surface area contributed by atoms with E-state index in [0.29, 0.717) is 23.5 Å². The number of hydrogen-bond donors (Lipinski definition) is 0. The van der Waals surface area contributed by atoms with Crippen LogP contribution in [0.5, 0.6) is 0 Å². The highest BCUT2D eigenvalue weighted by molar-refractivity contribution is 7.99. The summed E-state index contributed by atoms with van der Waals surface area (Å²) >= 11 is 1.32. The van der Waals surface area contributed by atoms with E-state index in [1.54, 1.807) is 23.8 Å². The minimum atomic E-state index is -0.414. The third-order valence-corrected chi connectivity index (χ3v) is 4.10. The maximum atomic E-state index is 11.9. The van der Waals surface area contributed by atoms with Gasteiger partial charge in [0.1, 0.15) is 0 Å². The van der Waals surface area contributed by atoms with Gasteiger partial charge in [-0.25, -0.2) is 4.68 Å². The Labute approximate surface area is 121 Å². The summed E-state index contributed by atoms with van der Waals surface area (Å²) in [5.74, 6) is 0.431. The number of thioether (sulfide) groups is 1. The summed E-state index contributed by atoms with van der Waals surface area (Å²) in [6.07, 6.45) is 1.80. The molecule has 0 saturated heterocycles. The Kier molecular flexibility index (Phi) is 5.32. The minimum Gasteiger partial charge on any atom is -0.354 e. The third kappa shape index (κ3) is 3.90. The standard InChI is InChI=1S/C11H19N5O3S/c1-15(8-4-5-8)9(17)7-20-11-12-13-14-16(11)6-10(18-2)19-3/h8,10H,4-7H2,1-3H3. The van der Waals surface area contributed by atoms with E-state index in [2.05, 4.69) is 15.5 Å². The van der Waals surface area contributed by atoms with E-state index in [-0.39, 0.29) is 5.91 Å². The molecule has 1 fully saturated rings. The Bertz CT molecular complexity index is 447. The van der Waals surface area contributed by atoms with Gasteiger partial charge < -0.3 is 14.4 Å². The first-order valence-electron chi connectivity index (χ1n) is 6.36. The smallest absolute Gasteiger partial charge is 0.233 e. The molecule has 0 atom stereocenters. The molecule has 1 amide bonds. The average molecular weight is 301 g/mol. The van der Waals surface area contributed by atoms with Gasteiger partial charge in [0, 0.05) is 27.3 Å². The molecule has 0 aromatic carbocycles. The number of hydrogen-bond acceptors (Lipinski definition) is 7. The van der Waals surface area contributed by atoms with Crippen LogP contribution in [0, 0.1) is 0 Å². The van der Waals surface area contributed by atoms with E-state index in [0.717, 1.165) is 12.8 Å². The van der Waals surface area contributed by atoms with Gasteiger partial charge in [-0.15, -0.1) is 5.10 Å². The topological polar surface area (TPSA) is 82.4 Å². The van der Waals surface area contributed by atoms with Crippen LogP contribution in [-0.4, -0.2) is 70.4 Å². The molecular weight excluding hydrogens is 282 g/mol. The molecule has 8 nitrogen and oxygen atoms in total. The number of aromatic nitrogens is 4. The van der Waals surface area contributed by atoms with Crippen LogP contribution in [-0.2, 0) is 20.8 Å². The first-order valence-corrected chi connectivity index (χ1v) is 7.34. The predicted octanol–water partition coefficient (Wildman–Crippen LogP) is 0.00490. The molecule has 1 aromatic heterocycles. The fourth-order valence-electron chi connectivity index (χ4n) is 1.69. The minimum absolute atomic E-state index is 0.0992. The van der Waals surface area contributed by atoms with Crippen LogP contribution in [0.3, 0.4) is 0 Å². The summed E-state index contributed by atoms with van der Waals surface area (Å²) in [4.78, 5) is 13.7. The summed E-state index contributed by atoms with van der Waals surface area (Å²) in [6.45, 7) is 0.384. The third-order valence-electron chi connectivity index (χ3n) is 3.16. The number of ether oxygens (including phenoxy) is 2. The van der Waals surface area contributed by atoms with Crippen molar-refractivity contribution in [3.05, 3.63) is 0 Å². The lowest BCUT2D eigenvalue weighted by Gasteiger charge is -2.16. The molecule has 9 heteroatoms. The Hall–Kier alpha value is -1.19. The highest BCUT2D eigenvalue weighted by atomic mass is 32.2. The summed E-state index contributed by atoms with van der Waals surface area (Å²) in [6, 6.07) is 0.422. The van der Waals surface area contributed by atoms with Crippen LogP contribution in [0.25, 0.3) is 0 Å². The summed E-state index contributed by atoms with van der Waals surface area (Å²) in [5.41, 5.74) is 0. The second kappa shape index (κ2) is 7.00. The van der Waals surface area contributed by atoms with Crippen molar-refractivity contribution in [1.29, 1.82) is 0 Å². The van der Waals surface area contributed by atoms with E-state index in [1.807, 2.05) is 7.05 Å². The number of rotatable bonds is 8. The van der Waals surface area contributed by atoms with Gasteiger partial charge in [0.25, 0.3) is 0 Å². The van der Waals surface area contributed by atoms with Crippen LogP contribution >= 0.6 is 11.8 Å². The van der Waals surface area contributed by atoms with Crippen molar-refractivity contribution in [1.82, 2.24) is 25.1 Å². The van der Waals surface area contributed by atoms with Gasteiger partial charge in [0.2, 0.25) is 11.1 Å². The van der Waals surface area contributed by atoms with Crippen molar-refractivity contribution in [2.24, 2.45) is 0 Å². The van der Waals surface area contributed by atoms with Crippen molar-refractivity contribution < 1.29 is 14.3 Å². The van der Waals surface area contributed by atoms with Gasteiger partial charge in [-0.1, -0.05) is 11.8 Å². The van der Waals surface area contributed by atoms with Crippen molar-refractivity contribution in [2.45, 2.75) is 36.9 Å². The zero-order chi connectivity index (χ0) is 14.5. The highest BCUT2D eigenvalue weighted by Gasteiger charge is 2.29. The van der Waals surface area contributed by atoms with Gasteiger partial charge in [-0.2, -0.15) is 0 Å². The summed E-state index contributed by atoms with van der Waals surface area (Å²) in [7, 11) is 4.95. The lowest BCUT2D eigenvalue weighted by Crippen LogP contribution is -2.30. The number of methoxy groups -OCH3 is 2. The lowest BCUT2D eigenvalue weighted by atomic mass is 10.5. The van der Waals surface area contributed by atoms with Crippen molar-refractivity contribution in [3.8, 4) is 0 Å². The molecule has 0 aliphatic heterocycles. The zero-order valence-electron chi connectivity index (χ0n) is 11.9. The fraction of sp³-hybridized carbons (Fsp3) is 0.818. The van der Waals surface area contributed by atoms with Crippen LogP contribution in [0.2, 0.25) is 0 Å². The van der Waals surface area contributed by atoms with E-state index in [9.17, 15) is 4.79 Å². The van der Waals surface area contributed by atoms with E-state index in [1.165, 1.54) is 11.8 Å². The molecule has 1 aliphatic carbocycles. The van der Waals surface area contributed by atoms with Crippen LogP contribution < -0.4 is 0 Å². The number of amides is 1. The highest BCUT2D eigenvalue weighted by Crippen LogP contribution is 2.26. The molecule has 20 heavy (non-hydrogen) atoms. The molecule has 0 spiro atoms. The number of tetrazole rings is 1. The van der Waals surface area contributed by atoms with E-state index >= 15 is 0 Å². The molecule has 112 valence electrons. The first-order chi connectivity index (χ1) is 9.65. The van der Waals surface area contributed by atoms with Gasteiger partial charge in [-0.3, -0.25) is 4.79 Å². The van der Waals surface area contributed by atoms with E-state index in [4.69, 9.17) is 9.47 Å². The maximum absolute atomic E-state index is 11.9. The van der Waals surface area contributed by atoms with E-state index < -0.39 is 6.29 Å². The molecule has 1 heterocycles. The van der Waals surface area contributed by atoms with Crippen molar-refractivity contribution in [2.75, 3.05) is 27.0 Å². The second-order valence-electron chi connectivity index (χ2n) is 4.57. The molecule has 0 bridgehead atoms. The molecule has 2 rings (SSSR count). The molecule has 0 unspecified atom stereocenters. The molecule has 1 saturated carbocycles. The normalized spacial score (nSPS) is 14.8. The predicted molar refractivity (Wildman–Crippen MR) is 72.1 cm³/mol. The van der Waals surface area contributed by atoms with Gasteiger partial charge >= 0.3 is 0 Å². The van der Waals surface area contributed by atoms with Gasteiger partial charge in [0.05, 0.1) is 12.3 Å². The summed E-state index contributed by atoms with van der Waals surface area (Å²) < 4.78 is 11.8. The SMILES string of the molecule is COC(Cn1nnnc1SCC(=O)N(C)C1CC1)OC. The second-order valence-corrected chi connectivity index (χ2v) is 5.51. The number of carbonyl (C=O) groups is 1. The Balaban J connectivity index is 1.86. The Morgan fingerprint density at radius 3 is 2.80 bits per heavy atom. The average Bonchev–Trinajstić information content (AvgIpc) is 3.22. The molecule has 0 radical (unpaired) electrons.